The van der Waals surface area contributed by atoms with Gasteiger partial charge in [0.2, 0.25) is 10.0 Å². The van der Waals surface area contributed by atoms with Gasteiger partial charge < -0.3 is 4.74 Å². The lowest BCUT2D eigenvalue weighted by Gasteiger charge is -2.13. The Bertz CT molecular complexity index is 1140. The highest BCUT2D eigenvalue weighted by Crippen LogP contribution is 2.26. The number of halogens is 1. The highest BCUT2D eigenvalue weighted by Gasteiger charge is 2.21. The van der Waals surface area contributed by atoms with Gasteiger partial charge in [-0.3, -0.25) is 9.36 Å². The number of methoxy groups -OCH3 is 1. The van der Waals surface area contributed by atoms with Crippen LogP contribution in [0.4, 0.5) is 0 Å². The molecule has 0 fully saturated rings. The fraction of sp³-hybridized carbons (Fsp3) is 0.176. The van der Waals surface area contributed by atoms with Crippen LogP contribution in [-0.2, 0) is 23.6 Å². The molecule has 0 spiro atoms. The molecular weight excluding hydrogens is 378 g/mol. The van der Waals surface area contributed by atoms with E-state index in [-0.39, 0.29) is 27.8 Å². The SMILES string of the molecule is COc1ccc(Cl)cc1S(=O)(=O)NCc1nc2ccccc2c(=O)n1C. The molecule has 1 aromatic heterocycles. The van der Waals surface area contributed by atoms with Gasteiger partial charge in [0, 0.05) is 12.1 Å². The third-order valence-electron chi connectivity index (χ3n) is 3.91. The van der Waals surface area contributed by atoms with Crippen molar-refractivity contribution in [2.45, 2.75) is 11.4 Å². The van der Waals surface area contributed by atoms with Gasteiger partial charge in [0.1, 0.15) is 16.5 Å². The van der Waals surface area contributed by atoms with Crippen molar-refractivity contribution < 1.29 is 13.2 Å². The Balaban J connectivity index is 1.96. The van der Waals surface area contributed by atoms with E-state index in [1.807, 2.05) is 0 Å². The van der Waals surface area contributed by atoms with Crippen molar-refractivity contribution in [1.29, 1.82) is 0 Å². The molecular formula is C17H16ClN3O4S. The summed E-state index contributed by atoms with van der Waals surface area (Å²) in [7, 11) is -1.00. The van der Waals surface area contributed by atoms with Crippen LogP contribution in [0.25, 0.3) is 10.9 Å². The van der Waals surface area contributed by atoms with Gasteiger partial charge >= 0.3 is 0 Å². The molecule has 0 amide bonds. The first kappa shape index (κ1) is 18.4. The average molecular weight is 394 g/mol. The van der Waals surface area contributed by atoms with E-state index < -0.39 is 10.0 Å². The van der Waals surface area contributed by atoms with Gasteiger partial charge in [-0.2, -0.15) is 0 Å². The van der Waals surface area contributed by atoms with Crippen LogP contribution in [0.1, 0.15) is 5.82 Å². The Labute approximate surface area is 155 Å². The second-order valence-electron chi connectivity index (χ2n) is 5.53. The molecule has 136 valence electrons. The van der Waals surface area contributed by atoms with Crippen LogP contribution in [0.3, 0.4) is 0 Å². The number of fused-ring (bicyclic) bond motifs is 1. The van der Waals surface area contributed by atoms with Gasteiger partial charge in [-0.1, -0.05) is 23.7 Å². The average Bonchev–Trinajstić information content (AvgIpc) is 2.63. The number of hydrogen-bond donors (Lipinski definition) is 1. The van der Waals surface area contributed by atoms with Gasteiger partial charge in [-0.05, 0) is 30.3 Å². The predicted molar refractivity (Wildman–Crippen MR) is 99.0 cm³/mol. The number of hydrogen-bond acceptors (Lipinski definition) is 5. The number of nitrogens with zero attached hydrogens (tertiary/aromatic N) is 2. The summed E-state index contributed by atoms with van der Waals surface area (Å²) in [6, 6.07) is 11.2. The molecule has 0 aliphatic rings. The zero-order chi connectivity index (χ0) is 18.9. The lowest BCUT2D eigenvalue weighted by molar-refractivity contribution is 0.402. The van der Waals surface area contributed by atoms with Crippen LogP contribution in [0, 0.1) is 0 Å². The topological polar surface area (TPSA) is 90.3 Å². The molecule has 0 saturated heterocycles. The lowest BCUT2D eigenvalue weighted by Crippen LogP contribution is -2.29. The minimum Gasteiger partial charge on any atom is -0.495 e. The largest absolute Gasteiger partial charge is 0.495 e. The van der Waals surface area contributed by atoms with E-state index in [0.29, 0.717) is 16.7 Å². The monoisotopic (exact) mass is 393 g/mol. The first-order valence-electron chi connectivity index (χ1n) is 7.61. The molecule has 3 aromatic rings. The molecule has 0 saturated carbocycles. The van der Waals surface area contributed by atoms with Gasteiger partial charge in [-0.25, -0.2) is 18.1 Å². The molecule has 1 N–H and O–H groups in total. The van der Waals surface area contributed by atoms with Gasteiger partial charge in [0.25, 0.3) is 5.56 Å². The molecule has 2 aromatic carbocycles. The first-order valence-corrected chi connectivity index (χ1v) is 9.47. The number of aromatic nitrogens is 2. The van der Waals surface area contributed by atoms with Gasteiger partial charge in [0.15, 0.2) is 0 Å². The van der Waals surface area contributed by atoms with Crippen molar-refractivity contribution in [3.05, 3.63) is 63.7 Å². The number of benzene rings is 2. The van der Waals surface area contributed by atoms with Crippen LogP contribution in [0.5, 0.6) is 5.75 Å². The summed E-state index contributed by atoms with van der Waals surface area (Å²) in [4.78, 5) is 16.7. The number of ether oxygens (including phenoxy) is 1. The summed E-state index contributed by atoms with van der Waals surface area (Å²) < 4.78 is 34.1. The highest BCUT2D eigenvalue weighted by atomic mass is 35.5. The second-order valence-corrected chi connectivity index (χ2v) is 7.70. The zero-order valence-electron chi connectivity index (χ0n) is 14.1. The van der Waals surface area contributed by atoms with Crippen molar-refractivity contribution in [3.8, 4) is 5.75 Å². The fourth-order valence-electron chi connectivity index (χ4n) is 2.52. The van der Waals surface area contributed by atoms with E-state index in [0.717, 1.165) is 0 Å². The zero-order valence-corrected chi connectivity index (χ0v) is 15.6. The summed E-state index contributed by atoms with van der Waals surface area (Å²) in [5.41, 5.74) is 0.260. The van der Waals surface area contributed by atoms with Crippen molar-refractivity contribution in [2.75, 3.05) is 7.11 Å². The smallest absolute Gasteiger partial charge is 0.261 e. The quantitative estimate of drug-likeness (QED) is 0.716. The van der Waals surface area contributed by atoms with E-state index >= 15 is 0 Å². The Morgan fingerprint density at radius 1 is 1.23 bits per heavy atom. The Kier molecular flexibility index (Phi) is 4.99. The molecule has 9 heteroatoms. The highest BCUT2D eigenvalue weighted by molar-refractivity contribution is 7.89. The van der Waals surface area contributed by atoms with Crippen molar-refractivity contribution in [3.63, 3.8) is 0 Å². The Morgan fingerprint density at radius 2 is 1.96 bits per heavy atom. The normalized spacial score (nSPS) is 11.7. The van der Waals surface area contributed by atoms with Crippen LogP contribution in [0.15, 0.2) is 52.2 Å². The van der Waals surface area contributed by atoms with Crippen molar-refractivity contribution >= 4 is 32.5 Å². The molecule has 26 heavy (non-hydrogen) atoms. The number of sulfonamides is 1. The van der Waals surface area contributed by atoms with Crippen LogP contribution in [0.2, 0.25) is 5.02 Å². The molecule has 0 radical (unpaired) electrons. The maximum atomic E-state index is 12.6. The number of para-hydroxylation sites is 1. The lowest BCUT2D eigenvalue weighted by atomic mass is 10.2. The summed E-state index contributed by atoms with van der Waals surface area (Å²) in [5, 5.41) is 0.737. The Morgan fingerprint density at radius 3 is 2.69 bits per heavy atom. The predicted octanol–water partition coefficient (Wildman–Crippen LogP) is 2.07. The molecule has 3 rings (SSSR count). The summed E-state index contributed by atoms with van der Waals surface area (Å²) in [6.45, 7) is -0.158. The standard InChI is InChI=1S/C17H16ClN3O4S/c1-21-16(20-13-6-4-3-5-12(13)17(21)22)10-19-26(23,24)15-9-11(18)7-8-14(15)25-2/h3-9,19H,10H2,1-2H3. The van der Waals surface area contributed by atoms with E-state index in [4.69, 9.17) is 16.3 Å². The second kappa shape index (κ2) is 7.06. The Hall–Kier alpha value is -2.42. The molecule has 0 bridgehead atoms. The number of nitrogens with one attached hydrogen (secondary N) is 1. The number of rotatable bonds is 5. The molecule has 1 heterocycles. The van der Waals surface area contributed by atoms with Crippen LogP contribution < -0.4 is 15.0 Å². The van der Waals surface area contributed by atoms with Crippen LogP contribution in [-0.4, -0.2) is 25.1 Å². The maximum absolute atomic E-state index is 12.6. The minimum atomic E-state index is -3.92. The van der Waals surface area contributed by atoms with Gasteiger partial charge in [-0.15, -0.1) is 0 Å². The molecule has 7 nitrogen and oxygen atoms in total. The summed E-state index contributed by atoms with van der Waals surface area (Å²) in [6.07, 6.45) is 0. The van der Waals surface area contributed by atoms with Crippen molar-refractivity contribution in [1.82, 2.24) is 14.3 Å². The van der Waals surface area contributed by atoms with E-state index in [1.54, 1.807) is 31.3 Å². The molecule has 0 aliphatic carbocycles. The molecule has 0 aliphatic heterocycles. The minimum absolute atomic E-state index is 0.0849. The van der Waals surface area contributed by atoms with Gasteiger partial charge in [0.05, 0.1) is 24.6 Å². The van der Waals surface area contributed by atoms with E-state index in [9.17, 15) is 13.2 Å². The summed E-state index contributed by atoms with van der Waals surface area (Å²) >= 11 is 5.90. The van der Waals surface area contributed by atoms with Crippen LogP contribution >= 0.6 is 11.6 Å². The third-order valence-corrected chi connectivity index (χ3v) is 5.57. The molecule has 0 unspecified atom stereocenters. The fourth-order valence-corrected chi connectivity index (χ4v) is 3.93. The molecule has 0 atom stereocenters. The summed E-state index contributed by atoms with van der Waals surface area (Å²) in [5.74, 6) is 0.459. The van der Waals surface area contributed by atoms with Crippen molar-refractivity contribution in [2.24, 2.45) is 7.05 Å². The van der Waals surface area contributed by atoms with E-state index in [1.165, 1.54) is 29.9 Å². The maximum Gasteiger partial charge on any atom is 0.261 e. The third kappa shape index (κ3) is 3.44. The first-order chi connectivity index (χ1) is 12.3. The van der Waals surface area contributed by atoms with E-state index in [2.05, 4.69) is 9.71 Å².